The Hall–Kier alpha value is -3.64. The second-order valence-electron chi connectivity index (χ2n) is 7.29. The van der Waals surface area contributed by atoms with Crippen molar-refractivity contribution < 1.29 is 31.3 Å². The molecule has 0 saturated heterocycles. The van der Waals surface area contributed by atoms with E-state index in [-0.39, 0.29) is 16.3 Å². The van der Waals surface area contributed by atoms with Crippen LogP contribution in [0.1, 0.15) is 11.1 Å². The first-order chi connectivity index (χ1) is 16.3. The van der Waals surface area contributed by atoms with Gasteiger partial charge in [-0.05, 0) is 42.8 Å². The number of nitrogens with zero attached hydrogens (tertiary/aromatic N) is 2. The minimum atomic E-state index is -4.88. The highest BCUT2D eigenvalue weighted by Crippen LogP contribution is 2.38. The van der Waals surface area contributed by atoms with Gasteiger partial charge in [0.2, 0.25) is 5.91 Å². The summed E-state index contributed by atoms with van der Waals surface area (Å²) >= 11 is 5.67. The van der Waals surface area contributed by atoms with Crippen molar-refractivity contribution >= 4 is 44.6 Å². The molecule has 3 aromatic rings. The zero-order chi connectivity index (χ0) is 26.0. The Balaban J connectivity index is 2.05. The molecule has 13 heteroatoms. The van der Waals surface area contributed by atoms with Gasteiger partial charge in [0.25, 0.3) is 15.7 Å². The second kappa shape index (κ2) is 9.92. The number of amides is 1. The summed E-state index contributed by atoms with van der Waals surface area (Å²) in [6.45, 7) is 0.644. The normalized spacial score (nSPS) is 11.7. The number of hydrogen-bond acceptors (Lipinski definition) is 5. The first kappa shape index (κ1) is 26.0. The third-order valence-electron chi connectivity index (χ3n) is 4.87. The fraction of sp³-hybridized carbons (Fsp3) is 0.136. The number of benzene rings is 3. The van der Waals surface area contributed by atoms with E-state index in [1.165, 1.54) is 36.4 Å². The average Bonchev–Trinajstić information content (AvgIpc) is 2.79. The highest BCUT2D eigenvalue weighted by Gasteiger charge is 2.35. The quantitative estimate of drug-likeness (QED) is 0.326. The van der Waals surface area contributed by atoms with Crippen LogP contribution in [0.4, 0.5) is 30.2 Å². The lowest BCUT2D eigenvalue weighted by Gasteiger charge is -2.25. The molecule has 0 aromatic heterocycles. The lowest BCUT2D eigenvalue weighted by Crippen LogP contribution is -2.38. The van der Waals surface area contributed by atoms with Gasteiger partial charge in [-0.15, -0.1) is 0 Å². The summed E-state index contributed by atoms with van der Waals surface area (Å²) in [5.74, 6) is -0.934. The maximum absolute atomic E-state index is 13.4. The summed E-state index contributed by atoms with van der Waals surface area (Å²) in [7, 11) is -4.49. The van der Waals surface area contributed by atoms with Crippen molar-refractivity contribution in [3.8, 4) is 0 Å². The minimum absolute atomic E-state index is 0.0494. The Bertz CT molecular complexity index is 1380. The number of halogens is 4. The summed E-state index contributed by atoms with van der Waals surface area (Å²) in [4.78, 5) is 22.9. The van der Waals surface area contributed by atoms with Gasteiger partial charge < -0.3 is 5.32 Å². The van der Waals surface area contributed by atoms with Gasteiger partial charge in [-0.2, -0.15) is 13.2 Å². The molecule has 0 aliphatic heterocycles. The van der Waals surface area contributed by atoms with Crippen LogP contribution in [-0.2, 0) is 21.0 Å². The summed E-state index contributed by atoms with van der Waals surface area (Å²) in [5, 5.41) is 12.8. The first-order valence-corrected chi connectivity index (χ1v) is 11.6. The Morgan fingerprint density at radius 3 is 2.34 bits per heavy atom. The molecule has 0 aliphatic rings. The monoisotopic (exact) mass is 527 g/mol. The largest absolute Gasteiger partial charge is 0.417 e. The topological polar surface area (TPSA) is 110 Å². The van der Waals surface area contributed by atoms with Gasteiger partial charge in [0, 0.05) is 12.1 Å². The maximum Gasteiger partial charge on any atom is 0.417 e. The molecular formula is C22H17ClF3N3O5S. The van der Waals surface area contributed by atoms with Gasteiger partial charge in [-0.3, -0.25) is 19.2 Å². The lowest BCUT2D eigenvalue weighted by molar-refractivity contribution is -0.384. The van der Waals surface area contributed by atoms with Crippen LogP contribution in [0.5, 0.6) is 0 Å². The first-order valence-electron chi connectivity index (χ1n) is 9.80. The van der Waals surface area contributed by atoms with Crippen LogP contribution in [0.2, 0.25) is 5.02 Å². The van der Waals surface area contributed by atoms with Gasteiger partial charge in [0.05, 0.1) is 31.8 Å². The van der Waals surface area contributed by atoms with Crippen LogP contribution in [-0.4, -0.2) is 25.8 Å². The van der Waals surface area contributed by atoms with E-state index in [1.807, 2.05) is 0 Å². The van der Waals surface area contributed by atoms with Crippen molar-refractivity contribution in [1.82, 2.24) is 0 Å². The number of anilines is 2. The fourth-order valence-electron chi connectivity index (χ4n) is 3.10. The molecule has 184 valence electrons. The molecule has 3 rings (SSSR count). The molecule has 0 heterocycles. The Kier molecular flexibility index (Phi) is 7.36. The Morgan fingerprint density at radius 2 is 1.74 bits per heavy atom. The van der Waals surface area contributed by atoms with E-state index in [4.69, 9.17) is 11.6 Å². The number of aryl methyl sites for hydroxylation is 1. The third-order valence-corrected chi connectivity index (χ3v) is 6.99. The molecule has 8 nitrogen and oxygen atoms in total. The van der Waals surface area contributed by atoms with Crippen LogP contribution in [0, 0.1) is 17.0 Å². The molecular weight excluding hydrogens is 511 g/mol. The van der Waals surface area contributed by atoms with Crippen molar-refractivity contribution in [2.45, 2.75) is 18.0 Å². The molecule has 1 amide bonds. The minimum Gasteiger partial charge on any atom is -0.324 e. The smallest absolute Gasteiger partial charge is 0.324 e. The lowest BCUT2D eigenvalue weighted by atomic mass is 10.1. The predicted octanol–water partition coefficient (Wildman–Crippen LogP) is 5.41. The molecule has 0 atom stereocenters. The molecule has 35 heavy (non-hydrogen) atoms. The second-order valence-corrected chi connectivity index (χ2v) is 9.56. The van der Waals surface area contributed by atoms with Crippen molar-refractivity contribution in [2.75, 3.05) is 16.2 Å². The van der Waals surface area contributed by atoms with Crippen molar-refractivity contribution in [1.29, 1.82) is 0 Å². The van der Waals surface area contributed by atoms with Gasteiger partial charge in [0.15, 0.2) is 0 Å². The molecule has 0 spiro atoms. The molecule has 0 radical (unpaired) electrons. The fourth-order valence-corrected chi connectivity index (χ4v) is 4.76. The van der Waals surface area contributed by atoms with E-state index in [2.05, 4.69) is 5.32 Å². The standard InChI is InChI=1S/C22H17ClF3N3O5S/c1-14-7-8-16(29(31)32)12-20(14)27-21(30)13-28(35(33,34)17-5-3-2-4-6-17)15-9-10-19(23)18(11-15)22(24,25)26/h2-12H,13H2,1H3,(H,27,30). The van der Waals surface area contributed by atoms with E-state index < -0.39 is 49.8 Å². The van der Waals surface area contributed by atoms with Crippen LogP contribution in [0.25, 0.3) is 0 Å². The van der Waals surface area contributed by atoms with E-state index in [1.54, 1.807) is 13.0 Å². The molecule has 0 fully saturated rings. The SMILES string of the molecule is Cc1ccc([N+](=O)[O-])cc1NC(=O)CN(c1ccc(Cl)c(C(F)(F)F)c1)S(=O)(=O)c1ccccc1. The van der Waals surface area contributed by atoms with E-state index in [0.717, 1.165) is 18.2 Å². The number of nitro groups is 1. The van der Waals surface area contributed by atoms with Crippen LogP contribution in [0.3, 0.4) is 0 Å². The molecule has 0 saturated carbocycles. The highest BCUT2D eigenvalue weighted by molar-refractivity contribution is 7.92. The van der Waals surface area contributed by atoms with Crippen LogP contribution >= 0.6 is 11.6 Å². The van der Waals surface area contributed by atoms with Gasteiger partial charge >= 0.3 is 6.18 Å². The van der Waals surface area contributed by atoms with Crippen molar-refractivity contribution in [2.24, 2.45) is 0 Å². The summed E-state index contributed by atoms with van der Waals surface area (Å²) in [6.07, 6.45) is -4.88. The Labute approximate surface area is 203 Å². The summed E-state index contributed by atoms with van der Waals surface area (Å²) in [5.41, 5.74) is -1.54. The number of non-ortho nitro benzene ring substituents is 1. The van der Waals surface area contributed by atoms with Crippen LogP contribution in [0.15, 0.2) is 71.6 Å². The van der Waals surface area contributed by atoms with Crippen molar-refractivity contribution in [3.05, 3.63) is 93.0 Å². The number of carbonyl (C=O) groups is 1. The van der Waals surface area contributed by atoms with Gasteiger partial charge in [0.1, 0.15) is 6.54 Å². The number of carbonyl (C=O) groups excluding carboxylic acids is 1. The van der Waals surface area contributed by atoms with Gasteiger partial charge in [-0.25, -0.2) is 8.42 Å². The number of rotatable bonds is 7. The molecule has 3 aromatic carbocycles. The van der Waals surface area contributed by atoms with Gasteiger partial charge in [-0.1, -0.05) is 35.9 Å². The highest BCUT2D eigenvalue weighted by atomic mass is 35.5. The zero-order valence-electron chi connectivity index (χ0n) is 17.9. The third kappa shape index (κ3) is 5.89. The zero-order valence-corrected chi connectivity index (χ0v) is 19.5. The van der Waals surface area contributed by atoms with E-state index in [9.17, 15) is 36.5 Å². The van der Waals surface area contributed by atoms with E-state index in [0.29, 0.717) is 15.9 Å². The molecule has 0 aliphatic carbocycles. The number of nitrogens with one attached hydrogen (secondary N) is 1. The van der Waals surface area contributed by atoms with E-state index >= 15 is 0 Å². The number of nitro benzene ring substituents is 1. The van der Waals surface area contributed by atoms with Crippen molar-refractivity contribution in [3.63, 3.8) is 0 Å². The Morgan fingerprint density at radius 1 is 1.09 bits per heavy atom. The molecule has 1 N–H and O–H groups in total. The summed E-state index contributed by atoms with van der Waals surface area (Å²) < 4.78 is 67.4. The van der Waals surface area contributed by atoms with Crippen LogP contribution < -0.4 is 9.62 Å². The number of alkyl halides is 3. The molecule has 0 bridgehead atoms. The number of hydrogen-bond donors (Lipinski definition) is 1. The molecule has 0 unspecified atom stereocenters. The average molecular weight is 528 g/mol. The predicted molar refractivity (Wildman–Crippen MR) is 124 cm³/mol. The maximum atomic E-state index is 13.4. The number of sulfonamides is 1. The summed E-state index contributed by atoms with van der Waals surface area (Å²) in [6, 6.07) is 13.0.